The van der Waals surface area contributed by atoms with Gasteiger partial charge in [-0.15, -0.1) is 0 Å². The molecule has 0 spiro atoms. The lowest BCUT2D eigenvalue weighted by Gasteiger charge is -2.19. The minimum atomic E-state index is -4.62. The Bertz CT molecular complexity index is 474. The van der Waals surface area contributed by atoms with E-state index < -0.39 is 17.4 Å². The molecule has 0 radical (unpaired) electrons. The molecule has 1 aromatic rings. The first-order valence-corrected chi connectivity index (χ1v) is 4.77. The summed E-state index contributed by atoms with van der Waals surface area (Å²) in [6, 6.07) is 6.02. The van der Waals surface area contributed by atoms with E-state index in [9.17, 15) is 18.4 Å². The second-order valence-electron chi connectivity index (χ2n) is 4.25. The van der Waals surface area contributed by atoms with E-state index >= 15 is 0 Å². The van der Waals surface area contributed by atoms with Crippen molar-refractivity contribution >= 4 is 5.71 Å². The fourth-order valence-corrected chi connectivity index (χ4v) is 1.99. The van der Waals surface area contributed by atoms with Crippen LogP contribution in [0, 0.1) is 5.21 Å². The van der Waals surface area contributed by atoms with Gasteiger partial charge in [0.1, 0.15) is 0 Å². The summed E-state index contributed by atoms with van der Waals surface area (Å²) in [6.45, 7) is 2.97. The van der Waals surface area contributed by atoms with Gasteiger partial charge in [0.2, 0.25) is 0 Å². The topological polar surface area (TPSA) is 26.1 Å². The fourth-order valence-electron chi connectivity index (χ4n) is 1.99. The summed E-state index contributed by atoms with van der Waals surface area (Å²) in [5.41, 5.74) is -1.87. The maximum absolute atomic E-state index is 12.8. The van der Waals surface area contributed by atoms with Crippen molar-refractivity contribution in [3.63, 3.8) is 0 Å². The molecule has 0 aromatic heterocycles. The van der Waals surface area contributed by atoms with Crippen LogP contribution in [0.3, 0.4) is 0 Å². The van der Waals surface area contributed by atoms with Crippen molar-refractivity contribution in [2.24, 2.45) is 0 Å². The smallest absolute Gasteiger partial charge is 0.479 e. The molecule has 5 heteroatoms. The molecule has 0 fully saturated rings. The number of hydrogen-bond donors (Lipinski definition) is 0. The Balaban J connectivity index is 2.75. The average molecular weight is 229 g/mol. The summed E-state index contributed by atoms with van der Waals surface area (Å²) in [6.07, 6.45) is -4.62. The van der Waals surface area contributed by atoms with E-state index in [4.69, 9.17) is 0 Å². The van der Waals surface area contributed by atoms with Crippen molar-refractivity contribution in [1.29, 1.82) is 0 Å². The van der Waals surface area contributed by atoms with Crippen LogP contribution in [0.4, 0.5) is 13.2 Å². The van der Waals surface area contributed by atoms with E-state index in [0.29, 0.717) is 5.56 Å². The number of hydrogen-bond acceptors (Lipinski definition) is 1. The summed E-state index contributed by atoms with van der Waals surface area (Å²) >= 11 is 0. The van der Waals surface area contributed by atoms with Gasteiger partial charge in [0, 0.05) is 19.4 Å². The Kier molecular flexibility index (Phi) is 2.05. The number of nitrogens with zero attached hydrogens (tertiary/aromatic N) is 1. The van der Waals surface area contributed by atoms with Gasteiger partial charge < -0.3 is 5.21 Å². The summed E-state index contributed by atoms with van der Waals surface area (Å²) in [4.78, 5) is 0. The molecule has 0 amide bonds. The van der Waals surface area contributed by atoms with E-state index in [0.717, 1.165) is 0 Å². The van der Waals surface area contributed by atoms with Crippen LogP contribution in [0.2, 0.25) is 0 Å². The van der Waals surface area contributed by atoms with Gasteiger partial charge in [0.15, 0.2) is 5.54 Å². The fraction of sp³-hybridized carbons (Fsp3) is 0.364. The minimum Gasteiger partial charge on any atom is -0.623 e. The summed E-state index contributed by atoms with van der Waals surface area (Å²) in [7, 11) is 0. The zero-order chi connectivity index (χ0) is 12.1. The molecule has 0 saturated heterocycles. The quantitative estimate of drug-likeness (QED) is 0.496. The molecular weight excluding hydrogens is 219 g/mol. The monoisotopic (exact) mass is 229 g/mol. The van der Waals surface area contributed by atoms with Gasteiger partial charge in [0.05, 0.1) is 5.56 Å². The minimum absolute atomic E-state index is 0.0185. The molecule has 1 aliphatic rings. The maximum Gasteiger partial charge on any atom is 0.479 e. The van der Waals surface area contributed by atoms with Gasteiger partial charge in [-0.05, 0) is 6.07 Å². The first-order valence-electron chi connectivity index (χ1n) is 4.77. The Morgan fingerprint density at radius 3 is 2.31 bits per heavy atom. The van der Waals surface area contributed by atoms with Gasteiger partial charge >= 0.3 is 11.9 Å². The van der Waals surface area contributed by atoms with Crippen molar-refractivity contribution < 1.29 is 17.9 Å². The highest BCUT2D eigenvalue weighted by atomic mass is 19.4. The Morgan fingerprint density at radius 1 is 1.19 bits per heavy atom. The number of hydroxylamine groups is 1. The molecule has 0 atom stereocenters. The summed E-state index contributed by atoms with van der Waals surface area (Å²) in [5.74, 6) is 0. The maximum atomic E-state index is 12.8. The number of alkyl halides is 3. The van der Waals surface area contributed by atoms with Crippen LogP contribution in [0.15, 0.2) is 24.3 Å². The van der Waals surface area contributed by atoms with Crippen molar-refractivity contribution in [3.8, 4) is 0 Å². The molecule has 0 saturated carbocycles. The molecular formula is C11H10F3NO. The van der Waals surface area contributed by atoms with E-state index in [2.05, 4.69) is 0 Å². The highest BCUT2D eigenvalue weighted by Crippen LogP contribution is 2.38. The van der Waals surface area contributed by atoms with Crippen molar-refractivity contribution in [1.82, 2.24) is 0 Å². The van der Waals surface area contributed by atoms with Gasteiger partial charge in [-0.25, -0.2) is 0 Å². The largest absolute Gasteiger partial charge is 0.623 e. The van der Waals surface area contributed by atoms with Crippen LogP contribution < -0.4 is 0 Å². The van der Waals surface area contributed by atoms with Crippen LogP contribution in [0.5, 0.6) is 0 Å². The second-order valence-corrected chi connectivity index (χ2v) is 4.25. The molecule has 16 heavy (non-hydrogen) atoms. The summed E-state index contributed by atoms with van der Waals surface area (Å²) < 4.78 is 38.3. The third-order valence-corrected chi connectivity index (χ3v) is 2.82. The predicted octanol–water partition coefficient (Wildman–Crippen LogP) is 2.80. The van der Waals surface area contributed by atoms with Gasteiger partial charge in [-0.3, -0.25) is 0 Å². The molecule has 2 nitrogen and oxygen atoms in total. The number of halogens is 3. The number of fused-ring (bicyclic) bond motifs is 1. The molecule has 86 valence electrons. The van der Waals surface area contributed by atoms with Crippen molar-refractivity contribution in [2.45, 2.75) is 25.6 Å². The SMILES string of the molecule is CC1(C)c2ccccc2C(C(F)(F)F)=[N+]1[O-]. The molecule has 1 heterocycles. The number of benzene rings is 1. The molecule has 2 rings (SSSR count). The van der Waals surface area contributed by atoms with Crippen LogP contribution in [0.25, 0.3) is 0 Å². The number of rotatable bonds is 0. The lowest BCUT2D eigenvalue weighted by molar-refractivity contribution is -0.549. The van der Waals surface area contributed by atoms with E-state index in [1.807, 2.05) is 0 Å². The van der Waals surface area contributed by atoms with E-state index in [-0.39, 0.29) is 10.3 Å². The third-order valence-electron chi connectivity index (χ3n) is 2.82. The van der Waals surface area contributed by atoms with Crippen LogP contribution in [-0.4, -0.2) is 16.6 Å². The predicted molar refractivity (Wildman–Crippen MR) is 53.3 cm³/mol. The average Bonchev–Trinajstić information content (AvgIpc) is 2.35. The Labute approximate surface area is 90.6 Å². The molecule has 0 bridgehead atoms. The standard InChI is InChI=1S/C11H10F3NO/c1-10(2)8-6-4-3-5-7(8)9(15(10)16)11(12,13)14/h3-6H,1-2H3. The first kappa shape index (κ1) is 11.0. The Hall–Kier alpha value is -1.52. The van der Waals surface area contributed by atoms with Crippen LogP contribution in [-0.2, 0) is 5.54 Å². The van der Waals surface area contributed by atoms with Gasteiger partial charge in [-0.2, -0.15) is 17.9 Å². The molecule has 0 aliphatic carbocycles. The normalized spacial score (nSPS) is 18.8. The molecule has 0 unspecified atom stereocenters. The van der Waals surface area contributed by atoms with Crippen molar-refractivity contribution in [3.05, 3.63) is 40.6 Å². The van der Waals surface area contributed by atoms with E-state index in [1.165, 1.54) is 26.0 Å². The van der Waals surface area contributed by atoms with Crippen molar-refractivity contribution in [2.75, 3.05) is 0 Å². The molecule has 1 aromatic carbocycles. The van der Waals surface area contributed by atoms with Crippen LogP contribution >= 0.6 is 0 Å². The zero-order valence-corrected chi connectivity index (χ0v) is 8.80. The molecule has 0 N–H and O–H groups in total. The third kappa shape index (κ3) is 1.31. The lowest BCUT2D eigenvalue weighted by Crippen LogP contribution is -2.33. The zero-order valence-electron chi connectivity index (χ0n) is 8.80. The van der Waals surface area contributed by atoms with Crippen LogP contribution in [0.1, 0.15) is 25.0 Å². The highest BCUT2D eigenvalue weighted by molar-refractivity contribution is 6.04. The van der Waals surface area contributed by atoms with Gasteiger partial charge in [-0.1, -0.05) is 18.2 Å². The highest BCUT2D eigenvalue weighted by Gasteiger charge is 2.54. The van der Waals surface area contributed by atoms with E-state index in [1.54, 1.807) is 12.1 Å². The first-order chi connectivity index (χ1) is 7.26. The molecule has 1 aliphatic heterocycles. The second kappa shape index (κ2) is 2.99. The Morgan fingerprint density at radius 2 is 1.75 bits per heavy atom. The lowest BCUT2D eigenvalue weighted by atomic mass is 9.93. The van der Waals surface area contributed by atoms with Gasteiger partial charge in [0.25, 0.3) is 0 Å². The summed E-state index contributed by atoms with van der Waals surface area (Å²) in [5, 5.41) is 11.7.